The molecule has 1 amide bonds. The van der Waals surface area contributed by atoms with Crippen molar-refractivity contribution in [2.75, 3.05) is 82.6 Å². The summed E-state index contributed by atoms with van der Waals surface area (Å²) in [5, 5.41) is 21.7. The van der Waals surface area contributed by atoms with Crippen LogP contribution in [0.4, 0.5) is 16.3 Å². The Morgan fingerprint density at radius 3 is 2.53 bits per heavy atom. The van der Waals surface area contributed by atoms with Gasteiger partial charge in [-0.15, -0.1) is 0 Å². The molecule has 2 fully saturated rings. The number of hydrogen-bond acceptors (Lipinski definition) is 13. The number of carboxylic acid groups (broad SMARTS) is 1. The first kappa shape index (κ1) is 40.2. The van der Waals surface area contributed by atoms with Crippen molar-refractivity contribution in [2.24, 2.45) is 0 Å². The number of piperazine rings is 1. The Balaban J connectivity index is 0.972. The Bertz CT molecular complexity index is 2180. The molecule has 7 rings (SSSR count). The van der Waals surface area contributed by atoms with Gasteiger partial charge >= 0.3 is 12.1 Å². The molecule has 0 spiro atoms. The van der Waals surface area contributed by atoms with E-state index in [9.17, 15) is 23.6 Å². The molecular weight excluding hydrogens is 751 g/mol. The van der Waals surface area contributed by atoms with E-state index in [0.29, 0.717) is 52.4 Å². The van der Waals surface area contributed by atoms with Crippen LogP contribution in [-0.2, 0) is 36.7 Å². The van der Waals surface area contributed by atoms with E-state index >= 15 is 0 Å². The second-order valence-corrected chi connectivity index (χ2v) is 16.3. The van der Waals surface area contributed by atoms with Crippen molar-refractivity contribution >= 4 is 38.5 Å². The summed E-state index contributed by atoms with van der Waals surface area (Å²) in [4.78, 5) is 30.0. The zero-order valence-corrected chi connectivity index (χ0v) is 33.1. The van der Waals surface area contributed by atoms with E-state index in [1.165, 1.54) is 27.8 Å². The summed E-state index contributed by atoms with van der Waals surface area (Å²) in [5.41, 5.74) is 3.98. The van der Waals surface area contributed by atoms with Gasteiger partial charge in [-0.2, -0.15) is 23.6 Å². The fraction of sp³-hybridized carbons (Fsp3) is 0.463. The van der Waals surface area contributed by atoms with Gasteiger partial charge in [0, 0.05) is 55.4 Å². The lowest BCUT2D eigenvalue weighted by Gasteiger charge is -2.41. The highest BCUT2D eigenvalue weighted by molar-refractivity contribution is 7.86. The van der Waals surface area contributed by atoms with Crippen molar-refractivity contribution in [3.8, 4) is 12.1 Å². The molecule has 2 saturated heterocycles. The largest absolute Gasteiger partial charge is 0.465 e. The minimum atomic E-state index is -3.84. The highest BCUT2D eigenvalue weighted by Crippen LogP contribution is 2.35. The van der Waals surface area contributed by atoms with Crippen LogP contribution in [0.15, 0.2) is 71.6 Å². The third-order valence-electron chi connectivity index (χ3n) is 10.9. The Morgan fingerprint density at radius 2 is 1.72 bits per heavy atom. The predicted molar refractivity (Wildman–Crippen MR) is 213 cm³/mol. The molecule has 15 nitrogen and oxygen atoms in total. The van der Waals surface area contributed by atoms with Crippen LogP contribution in [0.2, 0.25) is 0 Å². The van der Waals surface area contributed by atoms with Gasteiger partial charge in [0.25, 0.3) is 10.1 Å². The molecule has 3 aliphatic heterocycles. The second kappa shape index (κ2) is 18.0. The number of likely N-dealkylation sites (N-methyl/N-ethyl adjacent to an activating group) is 1. The van der Waals surface area contributed by atoms with Gasteiger partial charge in [-0.05, 0) is 50.4 Å². The van der Waals surface area contributed by atoms with Gasteiger partial charge in [0.05, 0.1) is 68.2 Å². The van der Waals surface area contributed by atoms with Crippen LogP contribution in [0.5, 0.6) is 6.01 Å². The molecule has 0 bridgehead atoms. The summed E-state index contributed by atoms with van der Waals surface area (Å²) >= 11 is 0. The Morgan fingerprint density at radius 1 is 0.930 bits per heavy atom. The number of benzene rings is 3. The zero-order chi connectivity index (χ0) is 39.9. The van der Waals surface area contributed by atoms with Gasteiger partial charge in [-0.25, -0.2) is 4.79 Å². The summed E-state index contributed by atoms with van der Waals surface area (Å²) in [6.07, 6.45) is 0.451. The number of carbonyl (C=O) groups is 1. The van der Waals surface area contributed by atoms with Crippen LogP contribution in [0.1, 0.15) is 29.7 Å². The third kappa shape index (κ3) is 9.57. The van der Waals surface area contributed by atoms with E-state index in [1.54, 1.807) is 12.1 Å². The maximum atomic E-state index is 12.4. The molecule has 4 heterocycles. The molecule has 0 aliphatic carbocycles. The lowest BCUT2D eigenvalue weighted by atomic mass is 10.0. The number of likely N-dealkylation sites (tertiary alicyclic amines) is 1. The first-order chi connectivity index (χ1) is 27.6. The molecule has 3 aliphatic rings. The quantitative estimate of drug-likeness (QED) is 0.132. The lowest BCUT2D eigenvalue weighted by molar-refractivity contribution is 0.00402. The summed E-state index contributed by atoms with van der Waals surface area (Å²) in [6, 6.07) is 23.2. The number of aromatic nitrogens is 2. The summed E-state index contributed by atoms with van der Waals surface area (Å²) in [7, 11) is -1.81. The standard InChI is InChI=1S/C41H49N7O8S/c1-29-10-12-34(13-11-29)57(51,52)56-23-21-53-20-22-54-33-24-32(45(2)26-33)28-55-40-43-37-27-46(38-9-5-7-30-6-3-4-8-35(30)38)17-15-36(37)39(44-40)47-18-19-48(41(49)50)31(25-47)14-16-42/h3-13,31-33H,14-15,17-28H2,1-2H3,(H,49,50)/t31-,32+,33+/m0/s1. The maximum absolute atomic E-state index is 12.4. The molecule has 0 saturated carbocycles. The van der Waals surface area contributed by atoms with Crippen LogP contribution < -0.4 is 14.5 Å². The van der Waals surface area contributed by atoms with Gasteiger partial charge in [-0.1, -0.05) is 54.1 Å². The molecule has 0 radical (unpaired) electrons. The summed E-state index contributed by atoms with van der Waals surface area (Å²) in [6.45, 7) is 5.99. The van der Waals surface area contributed by atoms with E-state index in [4.69, 9.17) is 28.4 Å². The number of fused-ring (bicyclic) bond motifs is 2. The molecule has 1 aromatic heterocycles. The first-order valence-electron chi connectivity index (χ1n) is 19.3. The molecule has 16 heteroatoms. The van der Waals surface area contributed by atoms with Crippen molar-refractivity contribution in [1.82, 2.24) is 19.8 Å². The van der Waals surface area contributed by atoms with E-state index < -0.39 is 22.3 Å². The molecule has 57 heavy (non-hydrogen) atoms. The second-order valence-electron chi connectivity index (χ2n) is 14.7. The number of nitrogens with zero attached hydrogens (tertiary/aromatic N) is 7. The molecule has 0 unspecified atom stereocenters. The monoisotopic (exact) mass is 799 g/mol. The van der Waals surface area contributed by atoms with Gasteiger partial charge in [-0.3, -0.25) is 9.08 Å². The molecule has 1 N–H and O–H groups in total. The Kier molecular flexibility index (Phi) is 12.7. The van der Waals surface area contributed by atoms with E-state index in [0.717, 1.165) is 41.3 Å². The molecular formula is C41H49N7O8S. The third-order valence-corrected chi connectivity index (χ3v) is 12.2. The SMILES string of the molecule is Cc1ccc(S(=O)(=O)OCCOCCO[C@@H]2C[C@H](COc3nc4c(c(N5CCN(C(=O)O)[C@@H](CC#N)C5)n3)CCN(c3cccc5ccccc35)C4)N(C)C2)cc1. The average molecular weight is 800 g/mol. The highest BCUT2D eigenvalue weighted by Gasteiger charge is 2.35. The molecule has 302 valence electrons. The number of amides is 1. The Hall–Kier alpha value is -5.05. The number of nitriles is 1. The van der Waals surface area contributed by atoms with Crippen molar-refractivity contribution in [3.05, 3.63) is 83.6 Å². The predicted octanol–water partition coefficient (Wildman–Crippen LogP) is 4.47. The van der Waals surface area contributed by atoms with Gasteiger partial charge in [0.15, 0.2) is 0 Å². The van der Waals surface area contributed by atoms with Crippen LogP contribution in [0.25, 0.3) is 10.8 Å². The van der Waals surface area contributed by atoms with Gasteiger partial charge in [0.2, 0.25) is 0 Å². The van der Waals surface area contributed by atoms with Crippen molar-refractivity contribution in [3.63, 3.8) is 0 Å². The van der Waals surface area contributed by atoms with Crippen molar-refractivity contribution in [1.29, 1.82) is 5.26 Å². The topological polar surface area (TPSA) is 171 Å². The van der Waals surface area contributed by atoms with Crippen molar-refractivity contribution in [2.45, 2.75) is 55.8 Å². The van der Waals surface area contributed by atoms with Crippen molar-refractivity contribution < 1.29 is 36.7 Å². The molecule has 3 atom stereocenters. The number of ether oxygens (including phenoxy) is 3. The zero-order valence-electron chi connectivity index (χ0n) is 32.3. The normalized spacial score (nSPS) is 20.1. The highest BCUT2D eigenvalue weighted by atomic mass is 32.2. The molecule has 4 aromatic rings. The fourth-order valence-corrected chi connectivity index (χ4v) is 8.74. The average Bonchev–Trinajstić information content (AvgIpc) is 3.57. The fourth-order valence-electron chi connectivity index (χ4n) is 7.85. The maximum Gasteiger partial charge on any atom is 0.407 e. The minimum absolute atomic E-state index is 0.0396. The molecule has 3 aromatic carbocycles. The van der Waals surface area contributed by atoms with Crippen LogP contribution in [0, 0.1) is 18.3 Å². The number of rotatable bonds is 15. The van der Waals surface area contributed by atoms with E-state index in [-0.39, 0.29) is 49.2 Å². The van der Waals surface area contributed by atoms with Crippen LogP contribution in [0.3, 0.4) is 0 Å². The number of aryl methyl sites for hydroxylation is 1. The van der Waals surface area contributed by atoms with Crippen LogP contribution in [-0.4, -0.2) is 130 Å². The smallest absolute Gasteiger partial charge is 0.407 e. The lowest BCUT2D eigenvalue weighted by Crippen LogP contribution is -2.55. The van der Waals surface area contributed by atoms with Crippen LogP contribution >= 0.6 is 0 Å². The Labute approximate surface area is 333 Å². The van der Waals surface area contributed by atoms with Gasteiger partial charge in [0.1, 0.15) is 12.4 Å². The minimum Gasteiger partial charge on any atom is -0.465 e. The number of hydrogen-bond donors (Lipinski definition) is 1. The van der Waals surface area contributed by atoms with Gasteiger partial charge < -0.3 is 34.0 Å². The summed E-state index contributed by atoms with van der Waals surface area (Å²) < 4.78 is 47.9. The van der Waals surface area contributed by atoms with E-state index in [2.05, 4.69) is 57.2 Å². The number of anilines is 2. The summed E-state index contributed by atoms with van der Waals surface area (Å²) in [5.74, 6) is 0.736. The first-order valence-corrected chi connectivity index (χ1v) is 20.7. The van der Waals surface area contributed by atoms with E-state index in [1.807, 2.05) is 20.0 Å².